The van der Waals surface area contributed by atoms with Gasteiger partial charge in [0.1, 0.15) is 5.02 Å². The van der Waals surface area contributed by atoms with Crippen LogP contribution in [-0.2, 0) is 5.88 Å². The molecule has 0 saturated heterocycles. The molecular formula is C7H4Cl3NO2. The Morgan fingerprint density at radius 2 is 2.00 bits per heavy atom. The van der Waals surface area contributed by atoms with Crippen LogP contribution in [-0.4, -0.2) is 4.92 Å². The van der Waals surface area contributed by atoms with Crippen molar-refractivity contribution in [2.75, 3.05) is 0 Å². The summed E-state index contributed by atoms with van der Waals surface area (Å²) in [6.45, 7) is 0. The molecule has 0 aliphatic heterocycles. The Hall–Kier alpha value is -0.510. The van der Waals surface area contributed by atoms with Crippen molar-refractivity contribution < 1.29 is 4.92 Å². The molecule has 0 fully saturated rings. The highest BCUT2D eigenvalue weighted by atomic mass is 35.5. The number of nitro groups is 1. The Morgan fingerprint density at radius 1 is 1.38 bits per heavy atom. The summed E-state index contributed by atoms with van der Waals surface area (Å²) < 4.78 is 0. The van der Waals surface area contributed by atoms with Gasteiger partial charge in [0.05, 0.1) is 10.8 Å². The van der Waals surface area contributed by atoms with Gasteiger partial charge in [0.2, 0.25) is 0 Å². The third-order valence-corrected chi connectivity index (χ3v) is 2.54. The molecule has 0 aliphatic carbocycles. The SMILES string of the molecule is O=[N+]([O-])c1ccc(Cl)c(CCl)c1Cl. The van der Waals surface area contributed by atoms with Crippen LogP contribution in [0.15, 0.2) is 12.1 Å². The lowest BCUT2D eigenvalue weighted by atomic mass is 10.2. The summed E-state index contributed by atoms with van der Waals surface area (Å²) in [6, 6.07) is 2.66. The first-order valence-corrected chi connectivity index (χ1v) is 4.54. The largest absolute Gasteiger partial charge is 0.288 e. The van der Waals surface area contributed by atoms with Crippen molar-refractivity contribution in [3.05, 3.63) is 37.9 Å². The molecule has 70 valence electrons. The summed E-state index contributed by atoms with van der Waals surface area (Å²) in [5.74, 6) is 0.0549. The van der Waals surface area contributed by atoms with Crippen molar-refractivity contribution in [2.45, 2.75) is 5.88 Å². The van der Waals surface area contributed by atoms with Gasteiger partial charge in [-0.05, 0) is 6.07 Å². The van der Waals surface area contributed by atoms with Gasteiger partial charge in [-0.15, -0.1) is 11.6 Å². The molecule has 6 heteroatoms. The maximum atomic E-state index is 10.4. The van der Waals surface area contributed by atoms with Crippen LogP contribution in [0.2, 0.25) is 10.0 Å². The molecule has 0 aliphatic rings. The van der Waals surface area contributed by atoms with Gasteiger partial charge in [0.25, 0.3) is 5.69 Å². The topological polar surface area (TPSA) is 43.1 Å². The summed E-state index contributed by atoms with van der Waals surface area (Å²) in [4.78, 5) is 9.86. The first-order valence-electron chi connectivity index (χ1n) is 3.25. The van der Waals surface area contributed by atoms with E-state index in [9.17, 15) is 10.1 Å². The average molecular weight is 240 g/mol. The van der Waals surface area contributed by atoms with Crippen molar-refractivity contribution in [1.82, 2.24) is 0 Å². The summed E-state index contributed by atoms with van der Waals surface area (Å²) in [5.41, 5.74) is 0.209. The van der Waals surface area contributed by atoms with Crippen LogP contribution in [0.3, 0.4) is 0 Å². The van der Waals surface area contributed by atoms with Crippen molar-refractivity contribution in [3.8, 4) is 0 Å². The van der Waals surface area contributed by atoms with E-state index in [0.29, 0.717) is 10.6 Å². The fraction of sp³-hybridized carbons (Fsp3) is 0.143. The molecule has 0 N–H and O–H groups in total. The molecule has 0 aromatic heterocycles. The lowest BCUT2D eigenvalue weighted by molar-refractivity contribution is -0.384. The number of nitro benzene ring substituents is 1. The highest BCUT2D eigenvalue weighted by molar-refractivity contribution is 6.38. The second-order valence-electron chi connectivity index (χ2n) is 2.25. The predicted molar refractivity (Wildman–Crippen MR) is 52.7 cm³/mol. The van der Waals surface area contributed by atoms with Gasteiger partial charge >= 0.3 is 0 Å². The highest BCUT2D eigenvalue weighted by Gasteiger charge is 2.17. The molecular weight excluding hydrogens is 236 g/mol. The second kappa shape index (κ2) is 4.13. The lowest BCUT2D eigenvalue weighted by Gasteiger charge is -2.02. The van der Waals surface area contributed by atoms with Gasteiger partial charge in [-0.3, -0.25) is 10.1 Å². The molecule has 0 saturated carbocycles. The molecule has 0 heterocycles. The normalized spacial score (nSPS) is 10.1. The molecule has 1 rings (SSSR count). The fourth-order valence-corrected chi connectivity index (χ4v) is 1.84. The van der Waals surface area contributed by atoms with Crippen LogP contribution in [0.5, 0.6) is 0 Å². The van der Waals surface area contributed by atoms with Gasteiger partial charge < -0.3 is 0 Å². The minimum absolute atomic E-state index is 0.00694. The van der Waals surface area contributed by atoms with Gasteiger partial charge in [-0.2, -0.15) is 0 Å². The zero-order chi connectivity index (χ0) is 10.0. The van der Waals surface area contributed by atoms with Crippen LogP contribution < -0.4 is 0 Å². The summed E-state index contributed by atoms with van der Waals surface area (Å²) in [7, 11) is 0. The molecule has 0 amide bonds. The fourth-order valence-electron chi connectivity index (χ4n) is 0.849. The van der Waals surface area contributed by atoms with E-state index < -0.39 is 4.92 Å². The van der Waals surface area contributed by atoms with Crippen molar-refractivity contribution in [1.29, 1.82) is 0 Å². The summed E-state index contributed by atoms with van der Waals surface area (Å²) >= 11 is 16.9. The first-order chi connectivity index (χ1) is 6.07. The van der Waals surface area contributed by atoms with Gasteiger partial charge in [0, 0.05) is 16.7 Å². The Kier molecular flexibility index (Phi) is 3.36. The molecule has 13 heavy (non-hydrogen) atoms. The number of alkyl halides is 1. The van der Waals surface area contributed by atoms with Crippen LogP contribution in [0, 0.1) is 10.1 Å². The maximum Gasteiger partial charge on any atom is 0.288 e. The second-order valence-corrected chi connectivity index (χ2v) is 3.30. The van der Waals surface area contributed by atoms with E-state index in [-0.39, 0.29) is 16.6 Å². The lowest BCUT2D eigenvalue weighted by Crippen LogP contribution is -1.92. The molecule has 0 radical (unpaired) electrons. The number of hydrogen-bond donors (Lipinski definition) is 0. The van der Waals surface area contributed by atoms with E-state index >= 15 is 0 Å². The predicted octanol–water partition coefficient (Wildman–Crippen LogP) is 3.64. The zero-order valence-corrected chi connectivity index (χ0v) is 8.53. The Balaban J connectivity index is 3.35. The van der Waals surface area contributed by atoms with E-state index in [0.717, 1.165) is 0 Å². The number of halogens is 3. The smallest absolute Gasteiger partial charge is 0.258 e. The summed E-state index contributed by atoms with van der Waals surface area (Å²) in [5, 5.41) is 10.8. The highest BCUT2D eigenvalue weighted by Crippen LogP contribution is 2.33. The Bertz CT molecular complexity index is 354. The minimum Gasteiger partial charge on any atom is -0.258 e. The molecule has 1 aromatic carbocycles. The minimum atomic E-state index is -0.575. The standard InChI is InChI=1S/C7H4Cl3NO2/c8-3-4-5(9)1-2-6(7(4)10)11(12)13/h1-2H,3H2. The van der Waals surface area contributed by atoms with Gasteiger partial charge in [0.15, 0.2) is 0 Å². The number of nitrogens with zero attached hydrogens (tertiary/aromatic N) is 1. The first kappa shape index (κ1) is 10.6. The molecule has 0 atom stereocenters. The number of rotatable bonds is 2. The third-order valence-electron chi connectivity index (χ3n) is 1.50. The zero-order valence-electron chi connectivity index (χ0n) is 6.26. The number of hydrogen-bond acceptors (Lipinski definition) is 2. The molecule has 0 bridgehead atoms. The van der Waals surface area contributed by atoms with E-state index in [1.165, 1.54) is 12.1 Å². The Morgan fingerprint density at radius 3 is 2.46 bits per heavy atom. The van der Waals surface area contributed by atoms with Crippen LogP contribution in [0.1, 0.15) is 5.56 Å². The average Bonchev–Trinajstić information content (AvgIpc) is 2.04. The summed E-state index contributed by atoms with van der Waals surface area (Å²) in [6.07, 6.45) is 0. The van der Waals surface area contributed by atoms with E-state index in [4.69, 9.17) is 34.8 Å². The van der Waals surface area contributed by atoms with Crippen LogP contribution in [0.4, 0.5) is 5.69 Å². The quantitative estimate of drug-likeness (QED) is 0.450. The van der Waals surface area contributed by atoms with Crippen molar-refractivity contribution >= 4 is 40.5 Å². The van der Waals surface area contributed by atoms with Gasteiger partial charge in [-0.25, -0.2) is 0 Å². The monoisotopic (exact) mass is 239 g/mol. The van der Waals surface area contributed by atoms with Crippen LogP contribution in [0.25, 0.3) is 0 Å². The Labute approximate surface area is 89.4 Å². The maximum absolute atomic E-state index is 10.4. The number of benzene rings is 1. The van der Waals surface area contributed by atoms with E-state index in [1.807, 2.05) is 0 Å². The van der Waals surface area contributed by atoms with Crippen LogP contribution >= 0.6 is 34.8 Å². The third kappa shape index (κ3) is 2.05. The van der Waals surface area contributed by atoms with Crippen molar-refractivity contribution in [3.63, 3.8) is 0 Å². The molecule has 3 nitrogen and oxygen atoms in total. The van der Waals surface area contributed by atoms with Crippen molar-refractivity contribution in [2.24, 2.45) is 0 Å². The molecule has 1 aromatic rings. The molecule has 0 spiro atoms. The van der Waals surface area contributed by atoms with E-state index in [2.05, 4.69) is 0 Å². The van der Waals surface area contributed by atoms with E-state index in [1.54, 1.807) is 0 Å². The molecule has 0 unspecified atom stereocenters. The van der Waals surface area contributed by atoms with Gasteiger partial charge in [-0.1, -0.05) is 23.2 Å².